The molecule has 0 atom stereocenters. The number of aromatic nitrogens is 1. The van der Waals surface area contributed by atoms with E-state index in [1.165, 1.54) is 28.0 Å². The van der Waals surface area contributed by atoms with Crippen molar-refractivity contribution in [2.75, 3.05) is 17.6 Å². The van der Waals surface area contributed by atoms with Crippen LogP contribution < -0.4 is 11.1 Å². The molecule has 0 fully saturated rings. The van der Waals surface area contributed by atoms with Crippen molar-refractivity contribution in [1.82, 2.24) is 9.88 Å². The van der Waals surface area contributed by atoms with Gasteiger partial charge in [0, 0.05) is 42.8 Å². The zero-order valence-corrected chi connectivity index (χ0v) is 20.7. The fourth-order valence-electron chi connectivity index (χ4n) is 4.44. The molecule has 4 aromatic rings. The van der Waals surface area contributed by atoms with Crippen molar-refractivity contribution >= 4 is 38.8 Å². The van der Waals surface area contributed by atoms with Crippen LogP contribution >= 0.6 is 11.3 Å². The zero-order chi connectivity index (χ0) is 23.9. The number of pyridine rings is 1. The normalized spacial score (nSPS) is 14.2. The number of hydrogen-bond donors (Lipinski definition) is 2. The maximum Gasteiger partial charge on any atom is 0.267 e. The number of carbonyl (C=O) groups excluding carboxylic acids is 1. The highest BCUT2D eigenvalue weighted by molar-refractivity contribution is 7.21. The number of rotatable bonds is 4. The van der Waals surface area contributed by atoms with Crippen molar-refractivity contribution in [3.05, 3.63) is 87.9 Å². The number of carbonyl (C=O) groups is 1. The van der Waals surface area contributed by atoms with Gasteiger partial charge in [-0.05, 0) is 40.3 Å². The molecule has 0 unspecified atom stereocenters. The Hall–Kier alpha value is -3.22. The van der Waals surface area contributed by atoms with Gasteiger partial charge in [0.1, 0.15) is 9.71 Å². The Morgan fingerprint density at radius 2 is 1.85 bits per heavy atom. The van der Waals surface area contributed by atoms with Gasteiger partial charge in [-0.3, -0.25) is 9.69 Å². The van der Waals surface area contributed by atoms with Crippen molar-refractivity contribution in [3.8, 4) is 0 Å². The molecule has 5 nitrogen and oxygen atoms in total. The summed E-state index contributed by atoms with van der Waals surface area (Å²) in [6.45, 7) is 9.24. The number of nitrogens with two attached hydrogens (primary N) is 1. The van der Waals surface area contributed by atoms with Gasteiger partial charge in [0.05, 0.1) is 5.69 Å². The minimum Gasteiger partial charge on any atom is -0.397 e. The fourth-order valence-corrected chi connectivity index (χ4v) is 5.43. The molecule has 34 heavy (non-hydrogen) atoms. The smallest absolute Gasteiger partial charge is 0.267 e. The van der Waals surface area contributed by atoms with E-state index in [1.54, 1.807) is 0 Å². The van der Waals surface area contributed by atoms with Gasteiger partial charge in [-0.25, -0.2) is 4.98 Å². The van der Waals surface area contributed by atoms with E-state index in [1.807, 2.05) is 18.2 Å². The summed E-state index contributed by atoms with van der Waals surface area (Å²) in [6.07, 6.45) is 0.900. The van der Waals surface area contributed by atoms with Crippen molar-refractivity contribution in [2.45, 2.75) is 45.7 Å². The highest BCUT2D eigenvalue weighted by atomic mass is 32.1. The average Bonchev–Trinajstić information content (AvgIpc) is 3.13. The number of nitrogens with one attached hydrogen (secondary N) is 1. The molecule has 174 valence electrons. The molecule has 1 aliphatic rings. The molecule has 0 spiro atoms. The predicted molar refractivity (Wildman–Crippen MR) is 141 cm³/mol. The molecule has 6 heteroatoms. The first-order valence-electron chi connectivity index (χ1n) is 11.7. The molecule has 3 heterocycles. The lowest BCUT2D eigenvalue weighted by atomic mass is 9.87. The largest absolute Gasteiger partial charge is 0.397 e. The minimum absolute atomic E-state index is 0.0693. The van der Waals surface area contributed by atoms with Gasteiger partial charge in [0.25, 0.3) is 5.91 Å². The number of hydrogen-bond acceptors (Lipinski definition) is 5. The second-order valence-electron chi connectivity index (χ2n) is 10.0. The molecule has 0 radical (unpaired) electrons. The van der Waals surface area contributed by atoms with Gasteiger partial charge >= 0.3 is 0 Å². The number of nitrogen functional groups attached to an aromatic ring is 1. The summed E-state index contributed by atoms with van der Waals surface area (Å²) in [6, 6.07) is 20.7. The minimum atomic E-state index is -0.187. The summed E-state index contributed by atoms with van der Waals surface area (Å²) < 4.78 is 0. The van der Waals surface area contributed by atoms with Gasteiger partial charge in [0.15, 0.2) is 0 Å². The van der Waals surface area contributed by atoms with Gasteiger partial charge in [0.2, 0.25) is 0 Å². The average molecular weight is 471 g/mol. The lowest BCUT2D eigenvalue weighted by Gasteiger charge is -2.28. The summed E-state index contributed by atoms with van der Waals surface area (Å²) in [4.78, 5) is 21.7. The Morgan fingerprint density at radius 1 is 1.12 bits per heavy atom. The highest BCUT2D eigenvalue weighted by Crippen LogP contribution is 2.36. The molecule has 2 aromatic carbocycles. The van der Waals surface area contributed by atoms with Crippen molar-refractivity contribution in [2.24, 2.45) is 0 Å². The Morgan fingerprint density at radius 3 is 2.56 bits per heavy atom. The molecule has 0 bridgehead atoms. The van der Waals surface area contributed by atoms with Crippen LogP contribution in [0.25, 0.3) is 10.2 Å². The van der Waals surface area contributed by atoms with Gasteiger partial charge in [-0.15, -0.1) is 11.3 Å². The second kappa shape index (κ2) is 8.85. The van der Waals surface area contributed by atoms with Crippen LogP contribution in [-0.4, -0.2) is 22.3 Å². The Labute approximate surface area is 204 Å². The van der Waals surface area contributed by atoms with E-state index in [0.29, 0.717) is 10.6 Å². The molecule has 0 saturated carbocycles. The molecular weight excluding hydrogens is 440 g/mol. The van der Waals surface area contributed by atoms with E-state index >= 15 is 0 Å². The monoisotopic (exact) mass is 470 g/mol. The quantitative estimate of drug-likeness (QED) is 0.384. The first-order chi connectivity index (χ1) is 16.3. The lowest BCUT2D eigenvalue weighted by Crippen LogP contribution is -2.30. The van der Waals surface area contributed by atoms with Crippen LogP contribution in [0.3, 0.4) is 0 Å². The van der Waals surface area contributed by atoms with Crippen molar-refractivity contribution in [1.29, 1.82) is 0 Å². The SMILES string of the molecule is CC(C)(C)c1ccc(NC(=O)c2sc3nc4c(cc3c2N)CN(Cc2ccccc2)CC4)cc1. The number of fused-ring (bicyclic) bond motifs is 2. The molecular formula is C28H30N4OS. The number of amides is 1. The van der Waals surface area contributed by atoms with Crippen LogP contribution in [0.15, 0.2) is 60.7 Å². The molecule has 0 aliphatic carbocycles. The number of benzene rings is 2. The lowest BCUT2D eigenvalue weighted by molar-refractivity contribution is 0.103. The summed E-state index contributed by atoms with van der Waals surface area (Å²) in [7, 11) is 0. The maximum absolute atomic E-state index is 13.0. The Bertz CT molecular complexity index is 1340. The van der Waals surface area contributed by atoms with Crippen molar-refractivity contribution in [3.63, 3.8) is 0 Å². The first kappa shape index (κ1) is 22.6. The van der Waals surface area contributed by atoms with E-state index in [4.69, 9.17) is 10.7 Å². The Balaban J connectivity index is 1.36. The molecule has 0 saturated heterocycles. The molecule has 3 N–H and O–H groups in total. The van der Waals surface area contributed by atoms with Crippen LogP contribution in [-0.2, 0) is 24.9 Å². The van der Waals surface area contributed by atoms with E-state index in [2.05, 4.69) is 73.5 Å². The van der Waals surface area contributed by atoms with Crippen LogP contribution in [0.2, 0.25) is 0 Å². The number of anilines is 2. The van der Waals surface area contributed by atoms with Crippen molar-refractivity contribution < 1.29 is 4.79 Å². The fraction of sp³-hybridized carbons (Fsp3) is 0.286. The number of thiophene rings is 1. The molecule has 2 aromatic heterocycles. The van der Waals surface area contributed by atoms with E-state index < -0.39 is 0 Å². The summed E-state index contributed by atoms with van der Waals surface area (Å²) in [5.41, 5.74) is 12.7. The third kappa shape index (κ3) is 4.56. The second-order valence-corrected chi connectivity index (χ2v) is 11.0. The zero-order valence-electron chi connectivity index (χ0n) is 19.9. The third-order valence-corrected chi connectivity index (χ3v) is 7.53. The molecule has 1 amide bonds. The standard InChI is InChI=1S/C28H30N4OS/c1-28(2,3)20-9-11-21(12-10-20)30-26(33)25-24(29)22-15-19-17-32(16-18-7-5-4-6-8-18)14-13-23(19)31-27(22)34-25/h4-12,15H,13-14,16-17,29H2,1-3H3,(H,30,33). The van der Waals surface area contributed by atoms with E-state index in [-0.39, 0.29) is 11.3 Å². The first-order valence-corrected chi connectivity index (χ1v) is 12.5. The molecule has 1 aliphatic heterocycles. The molecule has 5 rings (SSSR count). The van der Waals surface area contributed by atoms with E-state index in [9.17, 15) is 4.79 Å². The number of nitrogens with zero attached hydrogens (tertiary/aromatic N) is 2. The van der Waals surface area contributed by atoms with Crippen LogP contribution in [0.5, 0.6) is 0 Å². The van der Waals surface area contributed by atoms with E-state index in [0.717, 1.165) is 47.7 Å². The highest BCUT2D eigenvalue weighted by Gasteiger charge is 2.23. The van der Waals surface area contributed by atoms with Gasteiger partial charge < -0.3 is 11.1 Å². The Kier molecular flexibility index (Phi) is 5.88. The summed E-state index contributed by atoms with van der Waals surface area (Å²) in [5, 5.41) is 3.87. The predicted octanol–water partition coefficient (Wildman–Crippen LogP) is 5.99. The van der Waals surface area contributed by atoms with Crippen LogP contribution in [0.4, 0.5) is 11.4 Å². The summed E-state index contributed by atoms with van der Waals surface area (Å²) in [5.74, 6) is -0.187. The topological polar surface area (TPSA) is 71.2 Å². The summed E-state index contributed by atoms with van der Waals surface area (Å²) >= 11 is 1.37. The van der Waals surface area contributed by atoms with Crippen LogP contribution in [0, 0.1) is 0 Å². The third-order valence-electron chi connectivity index (χ3n) is 6.41. The van der Waals surface area contributed by atoms with Gasteiger partial charge in [-0.1, -0.05) is 63.2 Å². The van der Waals surface area contributed by atoms with Gasteiger partial charge in [-0.2, -0.15) is 0 Å². The van der Waals surface area contributed by atoms with Crippen LogP contribution in [0.1, 0.15) is 52.8 Å². The maximum atomic E-state index is 13.0.